The van der Waals surface area contributed by atoms with Crippen molar-refractivity contribution in [3.8, 4) is 0 Å². The number of halogens is 12. The van der Waals surface area contributed by atoms with Gasteiger partial charge in [-0.05, 0) is 10.3 Å². The Balaban J connectivity index is 0.000000392. The zero-order valence-corrected chi connectivity index (χ0v) is 31.7. The average Bonchev–Trinajstić information content (AvgIpc) is 3.71. The van der Waals surface area contributed by atoms with Crippen molar-refractivity contribution in [3.63, 3.8) is 0 Å². The van der Waals surface area contributed by atoms with Gasteiger partial charge in [-0.1, -0.05) is 60.7 Å². The van der Waals surface area contributed by atoms with Gasteiger partial charge >= 0.3 is 37.9 Å². The summed E-state index contributed by atoms with van der Waals surface area (Å²) in [5, 5.41) is 2.32. The normalized spacial score (nSPS) is 11.5. The summed E-state index contributed by atoms with van der Waals surface area (Å²) in [6, 6.07) is 15.4. The van der Waals surface area contributed by atoms with Crippen LogP contribution in [-0.2, 0) is 27.3 Å². The van der Waals surface area contributed by atoms with E-state index < -0.39 is 103 Å². The zero-order valence-electron chi connectivity index (χ0n) is 26.8. The molecule has 0 N–H and O–H groups in total. The summed E-state index contributed by atoms with van der Waals surface area (Å²) in [7, 11) is 9.77. The molecule has 0 aliphatic heterocycles. The predicted octanol–water partition coefficient (Wildman–Crippen LogP) is 10.5. The second-order valence-corrected chi connectivity index (χ2v) is 20.2. The molecule has 0 radical (unpaired) electrons. The molecule has 0 saturated heterocycles. The van der Waals surface area contributed by atoms with Crippen LogP contribution in [0, 0.1) is 58.2 Å². The molecule has 0 aliphatic rings. The SMILES string of the molecule is CC(C)(C)P(c1cc[cH-]c1)C(C)(C)C.Fc1c(F)c(F)c(B(CCCc2ccc[cH-]2)c2c(F)c(F)c(F)c(F)c2F)c(F)c1F.[Cl][Zr+2][Cl]. The van der Waals surface area contributed by atoms with Crippen LogP contribution in [0.1, 0.15) is 53.5 Å². The van der Waals surface area contributed by atoms with Crippen LogP contribution in [0.3, 0.4) is 0 Å². The number of hydrogen-bond donors (Lipinski definition) is 0. The number of benzene rings is 2. The maximum absolute atomic E-state index is 14.4. The van der Waals surface area contributed by atoms with E-state index in [4.69, 9.17) is 17.0 Å². The Morgan fingerprint density at radius 2 is 1.04 bits per heavy atom. The van der Waals surface area contributed by atoms with Crippen molar-refractivity contribution < 1.29 is 64.8 Å². The van der Waals surface area contributed by atoms with Crippen molar-refractivity contribution in [3.05, 3.63) is 112 Å². The first kappa shape index (κ1) is 42.6. The first-order chi connectivity index (χ1) is 22.2. The minimum atomic E-state index is -2.52. The van der Waals surface area contributed by atoms with Crippen LogP contribution in [0.25, 0.3) is 0 Å². The van der Waals surface area contributed by atoms with Crippen molar-refractivity contribution in [2.45, 2.75) is 71.0 Å². The molecule has 15 heteroatoms. The van der Waals surface area contributed by atoms with Crippen molar-refractivity contribution in [1.82, 2.24) is 0 Å². The van der Waals surface area contributed by atoms with Gasteiger partial charge < -0.3 is 0 Å². The van der Waals surface area contributed by atoms with Crippen LogP contribution in [0.2, 0.25) is 6.32 Å². The maximum atomic E-state index is 14.4. The topological polar surface area (TPSA) is 0 Å². The summed E-state index contributed by atoms with van der Waals surface area (Å²) in [5.41, 5.74) is -2.68. The van der Waals surface area contributed by atoms with Gasteiger partial charge in [-0.3, -0.25) is 0 Å². The van der Waals surface area contributed by atoms with E-state index in [1.165, 1.54) is 0 Å². The van der Waals surface area contributed by atoms with E-state index >= 15 is 0 Å². The molecule has 0 unspecified atom stereocenters. The van der Waals surface area contributed by atoms with Gasteiger partial charge in [0.05, 0.1) is 0 Å². The van der Waals surface area contributed by atoms with E-state index in [0.29, 0.717) is 15.9 Å². The van der Waals surface area contributed by atoms with Gasteiger partial charge in [0, 0.05) is 10.9 Å². The van der Waals surface area contributed by atoms with Crippen LogP contribution in [0.5, 0.6) is 0 Å². The summed E-state index contributed by atoms with van der Waals surface area (Å²) in [6.45, 7) is 11.8. The molecule has 260 valence electrons. The van der Waals surface area contributed by atoms with E-state index in [2.05, 4.69) is 65.8 Å². The van der Waals surface area contributed by atoms with Crippen molar-refractivity contribution in [2.75, 3.05) is 0 Å². The van der Waals surface area contributed by atoms with E-state index in [-0.39, 0.29) is 20.8 Å². The van der Waals surface area contributed by atoms with Crippen LogP contribution < -0.4 is 16.2 Å². The molecule has 4 aromatic rings. The third-order valence-corrected chi connectivity index (χ3v) is 10.6. The van der Waals surface area contributed by atoms with E-state index in [1.54, 1.807) is 29.6 Å². The Kier molecular flexibility index (Phi) is 16.0. The van der Waals surface area contributed by atoms with Crippen LogP contribution in [0.4, 0.5) is 43.9 Å². The third kappa shape index (κ3) is 10.2. The third-order valence-electron chi connectivity index (χ3n) is 7.12. The molecule has 0 saturated carbocycles. The van der Waals surface area contributed by atoms with Gasteiger partial charge in [-0.2, -0.15) is 41.2 Å². The van der Waals surface area contributed by atoms with Gasteiger partial charge in [-0.15, -0.1) is 7.92 Å². The summed E-state index contributed by atoms with van der Waals surface area (Å²) >= 11 is -0.826. The van der Waals surface area contributed by atoms with Gasteiger partial charge in [-0.25, -0.2) is 62.1 Å². The van der Waals surface area contributed by atoms with E-state index in [9.17, 15) is 43.9 Å². The van der Waals surface area contributed by atoms with Crippen molar-refractivity contribution >= 4 is 47.9 Å². The summed E-state index contributed by atoms with van der Waals surface area (Å²) in [5.74, 6) is -24.3. The summed E-state index contributed by atoms with van der Waals surface area (Å²) < 4.78 is 139. The monoisotopic (exact) mass is 820 g/mol. The standard InChI is InChI=1S/C20H10BF10.C13H22P.2ClH.Zr/c22-11-9(12(23)16(27)19(30)15(11)26)21(7-3-6-8-4-1-2-5-8)10-13(24)17(28)20(31)18(29)14(10)25;1-12(2,3)14(13(4,5)6)11-9-7-8-10-11;;;/h1-2,4-5H,3,6-7H2;7-10H,1-6H3;2*1H;/q2*-1;;;+4/p-2. The molecule has 0 heterocycles. The Hall–Kier alpha value is -1.60. The Morgan fingerprint density at radius 1 is 0.646 bits per heavy atom. The second kappa shape index (κ2) is 18.1. The van der Waals surface area contributed by atoms with Gasteiger partial charge in [0.2, 0.25) is 6.71 Å². The van der Waals surface area contributed by atoms with Gasteiger partial charge in [0.1, 0.15) is 0 Å². The molecule has 0 bridgehead atoms. The number of aryl methyl sites for hydroxylation is 1. The van der Waals surface area contributed by atoms with Crippen LogP contribution >= 0.6 is 24.9 Å². The first-order valence-corrected chi connectivity index (χ1v) is 22.1. The molecule has 0 fully saturated rings. The first-order valence-electron chi connectivity index (χ1n) is 14.4. The summed E-state index contributed by atoms with van der Waals surface area (Å²) in [6.07, 6.45) is -0.663. The Morgan fingerprint density at radius 3 is 1.35 bits per heavy atom. The van der Waals surface area contributed by atoms with Gasteiger partial charge in [0.15, 0.2) is 58.2 Å². The molecule has 48 heavy (non-hydrogen) atoms. The van der Waals surface area contributed by atoms with Crippen molar-refractivity contribution in [2.24, 2.45) is 0 Å². The average molecular weight is 823 g/mol. The fourth-order valence-electron chi connectivity index (χ4n) is 5.67. The molecule has 0 spiro atoms. The molecule has 0 aliphatic carbocycles. The number of rotatable bonds is 7. The fourth-order valence-corrected chi connectivity index (χ4v) is 9.71. The molecular weight excluding hydrogens is 790 g/mol. The fraction of sp³-hybridized carbons (Fsp3) is 0.333. The molecular formula is C33H32BCl2F10PZr. The van der Waals surface area contributed by atoms with Crippen LogP contribution in [-0.4, -0.2) is 17.0 Å². The second-order valence-electron chi connectivity index (χ2n) is 12.6. The Labute approximate surface area is 294 Å². The number of hydrogen-bond acceptors (Lipinski definition) is 0. The van der Waals surface area contributed by atoms with Crippen molar-refractivity contribution in [1.29, 1.82) is 0 Å². The minimum absolute atomic E-state index is 0.101. The molecule has 0 amide bonds. The molecule has 0 atom stereocenters. The Bertz CT molecular complexity index is 1490. The van der Waals surface area contributed by atoms with E-state index in [1.807, 2.05) is 0 Å². The molecule has 4 rings (SSSR count). The summed E-state index contributed by atoms with van der Waals surface area (Å²) in [4.78, 5) is 0. The van der Waals surface area contributed by atoms with Crippen LogP contribution in [0.15, 0.2) is 48.5 Å². The van der Waals surface area contributed by atoms with Gasteiger partial charge in [0.25, 0.3) is 0 Å². The quantitative estimate of drug-likeness (QED) is 0.0435. The zero-order chi connectivity index (χ0) is 36.7. The molecule has 4 aromatic carbocycles. The molecule has 0 aromatic heterocycles. The van der Waals surface area contributed by atoms with E-state index in [0.717, 1.165) is 0 Å². The molecule has 0 nitrogen and oxygen atoms in total. The predicted molar refractivity (Wildman–Crippen MR) is 172 cm³/mol.